The second kappa shape index (κ2) is 8.50. The minimum atomic E-state index is 0.00342. The van der Waals surface area contributed by atoms with Crippen LogP contribution >= 0.6 is 0 Å². The van der Waals surface area contributed by atoms with Crippen molar-refractivity contribution in [2.45, 2.75) is 38.1 Å². The SMILES string of the molecule is O=C(/C=C/CC1CCCCCN1)c1ccc(-c2ccccn2)nc1. The smallest absolute Gasteiger partial charge is 0.187 e. The average Bonchev–Trinajstić information content (AvgIpc) is 2.91. The number of carbonyl (C=O) groups is 1. The van der Waals surface area contributed by atoms with Crippen LogP contribution in [0.5, 0.6) is 0 Å². The molecule has 1 unspecified atom stereocenters. The van der Waals surface area contributed by atoms with Crippen molar-refractivity contribution in [3.8, 4) is 11.4 Å². The maximum absolute atomic E-state index is 12.2. The van der Waals surface area contributed by atoms with Crippen LogP contribution in [-0.4, -0.2) is 28.3 Å². The number of hydrogen-bond donors (Lipinski definition) is 1. The maximum atomic E-state index is 12.2. The summed E-state index contributed by atoms with van der Waals surface area (Å²) >= 11 is 0. The van der Waals surface area contributed by atoms with E-state index in [0.29, 0.717) is 11.6 Å². The molecule has 1 fully saturated rings. The van der Waals surface area contributed by atoms with Crippen LogP contribution in [0.25, 0.3) is 11.4 Å². The summed E-state index contributed by atoms with van der Waals surface area (Å²) in [5, 5.41) is 3.54. The summed E-state index contributed by atoms with van der Waals surface area (Å²) in [6, 6.07) is 9.86. The summed E-state index contributed by atoms with van der Waals surface area (Å²) < 4.78 is 0. The van der Waals surface area contributed by atoms with Gasteiger partial charge in [-0.1, -0.05) is 25.0 Å². The number of pyridine rings is 2. The molecule has 24 heavy (non-hydrogen) atoms. The van der Waals surface area contributed by atoms with Gasteiger partial charge in [-0.2, -0.15) is 0 Å². The molecule has 1 atom stereocenters. The van der Waals surface area contributed by atoms with Gasteiger partial charge < -0.3 is 5.32 Å². The molecule has 0 spiro atoms. The maximum Gasteiger partial charge on any atom is 0.187 e. The summed E-state index contributed by atoms with van der Waals surface area (Å²) in [6.45, 7) is 1.09. The number of nitrogens with one attached hydrogen (secondary N) is 1. The third-order valence-electron chi connectivity index (χ3n) is 4.33. The molecule has 0 aliphatic carbocycles. The number of rotatable bonds is 5. The normalized spacial score (nSPS) is 18.4. The molecule has 0 saturated carbocycles. The largest absolute Gasteiger partial charge is 0.314 e. The minimum Gasteiger partial charge on any atom is -0.314 e. The van der Waals surface area contributed by atoms with E-state index in [-0.39, 0.29) is 5.78 Å². The van der Waals surface area contributed by atoms with Crippen molar-refractivity contribution in [3.63, 3.8) is 0 Å². The molecule has 4 heteroatoms. The fourth-order valence-corrected chi connectivity index (χ4v) is 2.94. The Bertz CT molecular complexity index is 672. The molecule has 2 aromatic rings. The van der Waals surface area contributed by atoms with E-state index in [4.69, 9.17) is 0 Å². The average molecular weight is 321 g/mol. The van der Waals surface area contributed by atoms with Crippen molar-refractivity contribution in [1.29, 1.82) is 0 Å². The summed E-state index contributed by atoms with van der Waals surface area (Å²) in [4.78, 5) is 20.9. The van der Waals surface area contributed by atoms with Crippen molar-refractivity contribution >= 4 is 5.78 Å². The number of ketones is 1. The molecule has 1 aliphatic rings. The molecule has 2 aromatic heterocycles. The lowest BCUT2D eigenvalue weighted by molar-refractivity contribution is 0.104. The van der Waals surface area contributed by atoms with Gasteiger partial charge in [-0.05, 0) is 56.1 Å². The minimum absolute atomic E-state index is 0.00342. The van der Waals surface area contributed by atoms with E-state index in [1.54, 1.807) is 18.5 Å². The first-order chi connectivity index (χ1) is 11.8. The fourth-order valence-electron chi connectivity index (χ4n) is 2.94. The molecule has 1 N–H and O–H groups in total. The number of nitrogens with zero attached hydrogens (tertiary/aromatic N) is 2. The van der Waals surface area contributed by atoms with Crippen LogP contribution < -0.4 is 5.32 Å². The van der Waals surface area contributed by atoms with Crippen molar-refractivity contribution in [3.05, 3.63) is 60.4 Å². The van der Waals surface area contributed by atoms with Crippen molar-refractivity contribution < 1.29 is 4.79 Å². The fraction of sp³-hybridized carbons (Fsp3) is 0.350. The second-order valence-electron chi connectivity index (χ2n) is 6.15. The summed E-state index contributed by atoms with van der Waals surface area (Å²) in [6.07, 6.45) is 13.0. The summed E-state index contributed by atoms with van der Waals surface area (Å²) in [5.41, 5.74) is 2.20. The van der Waals surface area contributed by atoms with Gasteiger partial charge in [0.05, 0.1) is 11.4 Å². The highest BCUT2D eigenvalue weighted by atomic mass is 16.1. The molecule has 1 aliphatic heterocycles. The Morgan fingerprint density at radius 1 is 1.12 bits per heavy atom. The monoisotopic (exact) mass is 321 g/mol. The molecule has 124 valence electrons. The first kappa shape index (κ1) is 16.5. The Balaban J connectivity index is 1.57. The standard InChI is InChI=1S/C20H23N3O/c24-20(10-6-8-17-7-2-1-4-13-21-17)16-11-12-19(23-15-16)18-9-3-5-14-22-18/h3,5-6,9-12,14-15,17,21H,1-2,4,7-8,13H2/b10-6+. The predicted molar refractivity (Wildman–Crippen MR) is 95.8 cm³/mol. The predicted octanol–water partition coefficient (Wildman–Crippen LogP) is 3.80. The van der Waals surface area contributed by atoms with Crippen LogP contribution in [0.15, 0.2) is 54.9 Å². The first-order valence-corrected chi connectivity index (χ1v) is 8.64. The van der Waals surface area contributed by atoms with Crippen LogP contribution in [0.4, 0.5) is 0 Å². The zero-order valence-electron chi connectivity index (χ0n) is 13.8. The summed E-state index contributed by atoms with van der Waals surface area (Å²) in [5.74, 6) is 0.00342. The van der Waals surface area contributed by atoms with Crippen LogP contribution in [0.2, 0.25) is 0 Å². The van der Waals surface area contributed by atoms with Gasteiger partial charge in [-0.25, -0.2) is 0 Å². The topological polar surface area (TPSA) is 54.9 Å². The third kappa shape index (κ3) is 4.59. The van der Waals surface area contributed by atoms with E-state index in [1.165, 1.54) is 25.7 Å². The quantitative estimate of drug-likeness (QED) is 0.672. The van der Waals surface area contributed by atoms with E-state index in [2.05, 4.69) is 15.3 Å². The molecule has 1 saturated heterocycles. The molecule has 0 amide bonds. The van der Waals surface area contributed by atoms with E-state index < -0.39 is 0 Å². The van der Waals surface area contributed by atoms with Gasteiger partial charge in [0.15, 0.2) is 5.78 Å². The van der Waals surface area contributed by atoms with E-state index >= 15 is 0 Å². The van der Waals surface area contributed by atoms with Gasteiger partial charge in [0.25, 0.3) is 0 Å². The zero-order valence-corrected chi connectivity index (χ0v) is 13.8. The molecule has 3 rings (SSSR count). The number of allylic oxidation sites excluding steroid dienone is 1. The van der Waals surface area contributed by atoms with Gasteiger partial charge in [-0.3, -0.25) is 14.8 Å². The Kier molecular flexibility index (Phi) is 5.85. The number of aromatic nitrogens is 2. The van der Waals surface area contributed by atoms with E-state index in [9.17, 15) is 4.79 Å². The molecular formula is C20H23N3O. The highest BCUT2D eigenvalue weighted by Gasteiger charge is 2.10. The Morgan fingerprint density at radius 2 is 2.04 bits per heavy atom. The third-order valence-corrected chi connectivity index (χ3v) is 4.33. The first-order valence-electron chi connectivity index (χ1n) is 8.64. The Morgan fingerprint density at radius 3 is 2.83 bits per heavy atom. The van der Waals surface area contributed by atoms with E-state index in [0.717, 1.165) is 24.4 Å². The molecule has 3 heterocycles. The lowest BCUT2D eigenvalue weighted by Gasteiger charge is -2.12. The van der Waals surface area contributed by atoms with Crippen LogP contribution in [0.1, 0.15) is 42.5 Å². The van der Waals surface area contributed by atoms with Crippen LogP contribution in [-0.2, 0) is 0 Å². The van der Waals surface area contributed by atoms with Gasteiger partial charge in [0.2, 0.25) is 0 Å². The van der Waals surface area contributed by atoms with Gasteiger partial charge in [0, 0.05) is 24.0 Å². The highest BCUT2D eigenvalue weighted by Crippen LogP contribution is 2.14. The molecular weight excluding hydrogens is 298 g/mol. The van der Waals surface area contributed by atoms with Crippen LogP contribution in [0.3, 0.4) is 0 Å². The van der Waals surface area contributed by atoms with Gasteiger partial charge in [0.1, 0.15) is 0 Å². The van der Waals surface area contributed by atoms with Gasteiger partial charge in [-0.15, -0.1) is 0 Å². The molecule has 4 nitrogen and oxygen atoms in total. The number of hydrogen-bond acceptors (Lipinski definition) is 4. The van der Waals surface area contributed by atoms with Crippen molar-refractivity contribution in [2.24, 2.45) is 0 Å². The lowest BCUT2D eigenvalue weighted by Crippen LogP contribution is -2.27. The van der Waals surface area contributed by atoms with Gasteiger partial charge >= 0.3 is 0 Å². The second-order valence-corrected chi connectivity index (χ2v) is 6.15. The highest BCUT2D eigenvalue weighted by molar-refractivity contribution is 6.04. The van der Waals surface area contributed by atoms with Crippen molar-refractivity contribution in [1.82, 2.24) is 15.3 Å². The van der Waals surface area contributed by atoms with Crippen LogP contribution in [0, 0.1) is 0 Å². The Hall–Kier alpha value is -2.33. The molecule has 0 aromatic carbocycles. The summed E-state index contributed by atoms with van der Waals surface area (Å²) in [7, 11) is 0. The molecule has 0 bridgehead atoms. The molecule has 0 radical (unpaired) electrons. The number of carbonyl (C=O) groups excluding carboxylic acids is 1. The van der Waals surface area contributed by atoms with E-state index in [1.807, 2.05) is 36.4 Å². The lowest BCUT2D eigenvalue weighted by atomic mass is 10.1. The van der Waals surface area contributed by atoms with Crippen molar-refractivity contribution in [2.75, 3.05) is 6.54 Å². The Labute approximate surface area is 143 Å². The zero-order chi connectivity index (χ0) is 16.6.